The van der Waals surface area contributed by atoms with Gasteiger partial charge in [-0.05, 0) is 37.0 Å². The van der Waals surface area contributed by atoms with Gasteiger partial charge in [0.1, 0.15) is 0 Å². The minimum Gasteiger partial charge on any atom is -0.0648 e. The maximum Gasteiger partial charge on any atom is -0.0272 e. The number of hydrogen-bond donors (Lipinski definition) is 0. The highest BCUT2D eigenvalue weighted by Gasteiger charge is 2.40. The predicted octanol–water partition coefficient (Wildman–Crippen LogP) is 4.15. The molecule has 0 spiro atoms. The molecule has 0 unspecified atom stereocenters. The smallest absolute Gasteiger partial charge is 0.0272 e. The highest BCUT2D eigenvalue weighted by Crippen LogP contribution is 2.52. The summed E-state index contributed by atoms with van der Waals surface area (Å²) in [6.07, 6.45) is 13.7. The lowest BCUT2D eigenvalue weighted by atomic mass is 9.58. The first-order valence-corrected chi connectivity index (χ1v) is 5.87. The Morgan fingerprint density at radius 1 is 1.00 bits per heavy atom. The molecule has 12 heavy (non-hydrogen) atoms. The molecule has 0 saturated heterocycles. The Balaban J connectivity index is 2.10. The SMILES string of the molecule is CCC12CCCCC1CCCC2. The highest BCUT2D eigenvalue weighted by atomic mass is 14.4. The van der Waals surface area contributed by atoms with Crippen molar-refractivity contribution >= 4 is 0 Å². The molecular formula is C12H22. The topological polar surface area (TPSA) is 0 Å². The number of fused-ring (bicyclic) bond motifs is 1. The standard InChI is InChI=1S/C12H22/c1-2-12-9-5-3-7-11(12)8-4-6-10-12/h11H,2-10H2,1H3. The molecule has 0 radical (unpaired) electrons. The van der Waals surface area contributed by atoms with Crippen molar-refractivity contribution in [3.05, 3.63) is 0 Å². The second kappa shape index (κ2) is 3.40. The van der Waals surface area contributed by atoms with E-state index < -0.39 is 0 Å². The maximum atomic E-state index is 2.42. The Morgan fingerprint density at radius 3 is 2.00 bits per heavy atom. The fraction of sp³-hybridized carbons (Fsp3) is 1.00. The van der Waals surface area contributed by atoms with Crippen LogP contribution in [0.1, 0.15) is 64.7 Å². The van der Waals surface area contributed by atoms with Crippen molar-refractivity contribution in [3.8, 4) is 0 Å². The molecule has 0 N–H and O–H groups in total. The van der Waals surface area contributed by atoms with Crippen LogP contribution in [0.25, 0.3) is 0 Å². The van der Waals surface area contributed by atoms with Gasteiger partial charge in [-0.2, -0.15) is 0 Å². The Labute approximate surface area is 76.7 Å². The fourth-order valence-corrected chi connectivity index (χ4v) is 3.67. The van der Waals surface area contributed by atoms with Gasteiger partial charge in [0.25, 0.3) is 0 Å². The van der Waals surface area contributed by atoms with Crippen LogP contribution in [-0.4, -0.2) is 0 Å². The summed E-state index contributed by atoms with van der Waals surface area (Å²) in [5.41, 5.74) is 0.816. The van der Waals surface area contributed by atoms with E-state index in [4.69, 9.17) is 0 Å². The Bertz CT molecular complexity index is 136. The van der Waals surface area contributed by atoms with Crippen molar-refractivity contribution in [2.75, 3.05) is 0 Å². The second-order valence-corrected chi connectivity index (χ2v) is 4.90. The van der Waals surface area contributed by atoms with Crippen LogP contribution in [0.3, 0.4) is 0 Å². The summed E-state index contributed by atoms with van der Waals surface area (Å²) in [5, 5.41) is 0. The number of rotatable bonds is 1. The van der Waals surface area contributed by atoms with Crippen LogP contribution in [0, 0.1) is 11.3 Å². The zero-order valence-corrected chi connectivity index (χ0v) is 8.44. The van der Waals surface area contributed by atoms with Gasteiger partial charge in [0.15, 0.2) is 0 Å². The van der Waals surface area contributed by atoms with E-state index in [1.807, 2.05) is 0 Å². The summed E-state index contributed by atoms with van der Waals surface area (Å²) < 4.78 is 0. The zero-order chi connectivity index (χ0) is 8.44. The first-order valence-electron chi connectivity index (χ1n) is 5.87. The molecule has 0 nitrogen and oxygen atoms in total. The largest absolute Gasteiger partial charge is 0.0648 e. The predicted molar refractivity (Wildman–Crippen MR) is 53.2 cm³/mol. The Hall–Kier alpha value is 0. The minimum atomic E-state index is 0.816. The summed E-state index contributed by atoms with van der Waals surface area (Å²) in [6.45, 7) is 2.42. The molecule has 2 aliphatic carbocycles. The molecule has 70 valence electrons. The summed E-state index contributed by atoms with van der Waals surface area (Å²) in [5.74, 6) is 1.12. The lowest BCUT2D eigenvalue weighted by Gasteiger charge is -2.47. The first kappa shape index (κ1) is 8.59. The fourth-order valence-electron chi connectivity index (χ4n) is 3.67. The normalized spacial score (nSPS) is 42.2. The molecular weight excluding hydrogens is 144 g/mol. The van der Waals surface area contributed by atoms with Crippen molar-refractivity contribution < 1.29 is 0 Å². The summed E-state index contributed by atoms with van der Waals surface area (Å²) in [6, 6.07) is 0. The van der Waals surface area contributed by atoms with Crippen LogP contribution >= 0.6 is 0 Å². The minimum absolute atomic E-state index is 0.816. The molecule has 0 amide bonds. The molecule has 0 atom stereocenters. The Morgan fingerprint density at radius 2 is 1.58 bits per heavy atom. The summed E-state index contributed by atoms with van der Waals surface area (Å²) in [4.78, 5) is 0. The van der Waals surface area contributed by atoms with Crippen molar-refractivity contribution in [1.29, 1.82) is 0 Å². The van der Waals surface area contributed by atoms with Crippen LogP contribution in [0.5, 0.6) is 0 Å². The Kier molecular flexibility index (Phi) is 2.43. The van der Waals surface area contributed by atoms with Crippen LogP contribution in [0.4, 0.5) is 0 Å². The van der Waals surface area contributed by atoms with E-state index in [0.29, 0.717) is 0 Å². The molecule has 2 rings (SSSR count). The maximum absolute atomic E-state index is 2.42. The van der Waals surface area contributed by atoms with E-state index in [0.717, 1.165) is 11.3 Å². The summed E-state index contributed by atoms with van der Waals surface area (Å²) >= 11 is 0. The van der Waals surface area contributed by atoms with Crippen molar-refractivity contribution in [3.63, 3.8) is 0 Å². The van der Waals surface area contributed by atoms with Gasteiger partial charge >= 0.3 is 0 Å². The van der Waals surface area contributed by atoms with Gasteiger partial charge in [0, 0.05) is 0 Å². The molecule has 0 aromatic carbocycles. The lowest BCUT2D eigenvalue weighted by molar-refractivity contribution is 0.0412. The molecule has 2 aliphatic rings. The van der Waals surface area contributed by atoms with E-state index in [1.54, 1.807) is 25.7 Å². The highest BCUT2D eigenvalue weighted by molar-refractivity contribution is 4.91. The van der Waals surface area contributed by atoms with Gasteiger partial charge in [0.2, 0.25) is 0 Å². The monoisotopic (exact) mass is 166 g/mol. The third-order valence-electron chi connectivity index (χ3n) is 4.52. The van der Waals surface area contributed by atoms with E-state index in [1.165, 1.54) is 32.1 Å². The van der Waals surface area contributed by atoms with Gasteiger partial charge in [-0.3, -0.25) is 0 Å². The molecule has 0 bridgehead atoms. The van der Waals surface area contributed by atoms with E-state index in [-0.39, 0.29) is 0 Å². The molecule has 0 aromatic rings. The van der Waals surface area contributed by atoms with E-state index in [2.05, 4.69) is 6.92 Å². The molecule has 2 saturated carbocycles. The zero-order valence-electron chi connectivity index (χ0n) is 8.44. The van der Waals surface area contributed by atoms with Crippen molar-refractivity contribution in [2.24, 2.45) is 11.3 Å². The quantitative estimate of drug-likeness (QED) is 0.549. The third-order valence-corrected chi connectivity index (χ3v) is 4.52. The van der Waals surface area contributed by atoms with Gasteiger partial charge in [-0.25, -0.2) is 0 Å². The average Bonchev–Trinajstić information content (AvgIpc) is 2.18. The van der Waals surface area contributed by atoms with Gasteiger partial charge in [-0.1, -0.05) is 39.0 Å². The molecule has 0 heterocycles. The summed E-state index contributed by atoms with van der Waals surface area (Å²) in [7, 11) is 0. The van der Waals surface area contributed by atoms with Gasteiger partial charge < -0.3 is 0 Å². The van der Waals surface area contributed by atoms with E-state index >= 15 is 0 Å². The number of hydrogen-bond acceptors (Lipinski definition) is 0. The second-order valence-electron chi connectivity index (χ2n) is 4.90. The van der Waals surface area contributed by atoms with E-state index in [9.17, 15) is 0 Å². The third kappa shape index (κ3) is 1.30. The van der Waals surface area contributed by atoms with Gasteiger partial charge in [-0.15, -0.1) is 0 Å². The van der Waals surface area contributed by atoms with Crippen LogP contribution < -0.4 is 0 Å². The van der Waals surface area contributed by atoms with Gasteiger partial charge in [0.05, 0.1) is 0 Å². The first-order chi connectivity index (χ1) is 5.87. The van der Waals surface area contributed by atoms with Crippen LogP contribution in [-0.2, 0) is 0 Å². The van der Waals surface area contributed by atoms with Crippen LogP contribution in [0.2, 0.25) is 0 Å². The van der Waals surface area contributed by atoms with Crippen molar-refractivity contribution in [2.45, 2.75) is 64.7 Å². The molecule has 0 aromatic heterocycles. The lowest BCUT2D eigenvalue weighted by Crippen LogP contribution is -2.35. The molecule has 0 heteroatoms. The average molecular weight is 166 g/mol. The van der Waals surface area contributed by atoms with Crippen LogP contribution in [0.15, 0.2) is 0 Å². The molecule has 0 aliphatic heterocycles. The van der Waals surface area contributed by atoms with Crippen molar-refractivity contribution in [1.82, 2.24) is 0 Å². The molecule has 2 fully saturated rings.